The van der Waals surface area contributed by atoms with Gasteiger partial charge in [-0.2, -0.15) is 4.31 Å². The summed E-state index contributed by atoms with van der Waals surface area (Å²) in [6.07, 6.45) is 0. The van der Waals surface area contributed by atoms with Crippen LogP contribution in [0.3, 0.4) is 0 Å². The summed E-state index contributed by atoms with van der Waals surface area (Å²) in [4.78, 5) is 0.0147. The number of benzene rings is 1. The summed E-state index contributed by atoms with van der Waals surface area (Å²) < 4.78 is 29.4. The van der Waals surface area contributed by atoms with Gasteiger partial charge < -0.3 is 4.57 Å². The highest BCUT2D eigenvalue weighted by Gasteiger charge is 2.35. The zero-order chi connectivity index (χ0) is 17.6. The van der Waals surface area contributed by atoms with Crippen LogP contribution in [0.5, 0.6) is 0 Å². The van der Waals surface area contributed by atoms with Gasteiger partial charge >= 0.3 is 0 Å². The molecule has 0 N–H and O–H groups in total. The molecule has 1 aromatic carbocycles. The molecule has 9 heteroatoms. The maximum absolute atomic E-state index is 13.0. The van der Waals surface area contributed by atoms with Gasteiger partial charge in [0.05, 0.1) is 11.6 Å². The lowest BCUT2D eigenvalue weighted by atomic mass is 10.1. The van der Waals surface area contributed by atoms with E-state index < -0.39 is 10.0 Å². The fourth-order valence-electron chi connectivity index (χ4n) is 2.91. The molecule has 130 valence electrons. The van der Waals surface area contributed by atoms with Crippen LogP contribution in [0.15, 0.2) is 23.1 Å². The summed E-state index contributed by atoms with van der Waals surface area (Å²) in [5, 5.41) is 8.87. The van der Waals surface area contributed by atoms with Crippen molar-refractivity contribution in [3.8, 4) is 0 Å². The number of halogens is 2. The maximum Gasteiger partial charge on any atom is 0.245 e. The predicted molar refractivity (Wildman–Crippen MR) is 92.9 cm³/mol. The summed E-state index contributed by atoms with van der Waals surface area (Å²) >= 11 is 12.0. The first kappa shape index (κ1) is 17.7. The lowest BCUT2D eigenvalue weighted by molar-refractivity contribution is 0.286. The van der Waals surface area contributed by atoms with Gasteiger partial charge in [-0.25, -0.2) is 8.42 Å². The van der Waals surface area contributed by atoms with Crippen LogP contribution in [0.4, 0.5) is 0 Å². The fourth-order valence-corrected chi connectivity index (χ4v) is 5.13. The molecule has 2 aromatic rings. The number of nitrogens with zero attached hydrogens (tertiary/aromatic N) is 4. The minimum Gasteiger partial charge on any atom is -0.309 e. The quantitative estimate of drug-likeness (QED) is 0.806. The first-order valence-corrected chi connectivity index (χ1v) is 9.80. The first-order valence-electron chi connectivity index (χ1n) is 7.60. The monoisotopic (exact) mass is 388 g/mol. The fraction of sp³-hybridized carbons (Fsp3) is 0.467. The Kier molecular flexibility index (Phi) is 4.63. The van der Waals surface area contributed by atoms with Gasteiger partial charge in [0, 0.05) is 23.5 Å². The molecule has 0 saturated heterocycles. The Morgan fingerprint density at radius 1 is 1.25 bits per heavy atom. The molecule has 1 aromatic heterocycles. The molecule has 0 bridgehead atoms. The van der Waals surface area contributed by atoms with E-state index in [0.29, 0.717) is 17.4 Å². The van der Waals surface area contributed by atoms with Gasteiger partial charge in [-0.1, -0.05) is 37.0 Å². The average Bonchev–Trinajstić information content (AvgIpc) is 2.94. The number of rotatable bonds is 3. The van der Waals surface area contributed by atoms with Crippen molar-refractivity contribution in [2.45, 2.75) is 44.2 Å². The van der Waals surface area contributed by atoms with E-state index in [-0.39, 0.29) is 28.4 Å². The molecule has 6 nitrogen and oxygen atoms in total. The first-order chi connectivity index (χ1) is 11.2. The Labute approximate surface area is 151 Å². The molecular formula is C15H18Cl2N4O2S. The van der Waals surface area contributed by atoms with Crippen molar-refractivity contribution in [2.24, 2.45) is 0 Å². The lowest BCUT2D eigenvalue weighted by Crippen LogP contribution is -2.40. The van der Waals surface area contributed by atoms with Gasteiger partial charge in [-0.3, -0.25) is 0 Å². The molecule has 0 radical (unpaired) electrons. The molecular weight excluding hydrogens is 371 g/mol. The summed E-state index contributed by atoms with van der Waals surface area (Å²) in [7, 11) is -3.77. The van der Waals surface area contributed by atoms with Crippen LogP contribution in [0, 0.1) is 0 Å². The predicted octanol–water partition coefficient (Wildman–Crippen LogP) is 3.47. The van der Waals surface area contributed by atoms with Crippen molar-refractivity contribution in [1.29, 1.82) is 0 Å². The number of hydrogen-bond acceptors (Lipinski definition) is 4. The van der Waals surface area contributed by atoms with Crippen LogP contribution in [-0.4, -0.2) is 34.0 Å². The molecule has 0 spiro atoms. The smallest absolute Gasteiger partial charge is 0.245 e. The number of hydrogen-bond donors (Lipinski definition) is 0. The second-order valence-corrected chi connectivity index (χ2v) is 8.97. The Balaban J connectivity index is 2.01. The maximum atomic E-state index is 13.0. The Morgan fingerprint density at radius 3 is 2.62 bits per heavy atom. The molecule has 0 amide bonds. The molecule has 2 heterocycles. The average molecular weight is 389 g/mol. The molecule has 0 fully saturated rings. The van der Waals surface area contributed by atoms with E-state index in [1.165, 1.54) is 16.4 Å². The molecule has 3 rings (SSSR count). The Morgan fingerprint density at radius 2 is 1.96 bits per heavy atom. The molecule has 1 aliphatic heterocycles. The van der Waals surface area contributed by atoms with Gasteiger partial charge in [0.2, 0.25) is 10.0 Å². The summed E-state index contributed by atoms with van der Waals surface area (Å²) in [6.45, 7) is 6.53. The van der Waals surface area contributed by atoms with E-state index in [1.807, 2.05) is 25.3 Å². The zero-order valence-electron chi connectivity index (χ0n) is 13.6. The van der Waals surface area contributed by atoms with Crippen LogP contribution >= 0.6 is 23.2 Å². The van der Waals surface area contributed by atoms with Crippen molar-refractivity contribution in [3.63, 3.8) is 0 Å². The van der Waals surface area contributed by atoms with E-state index in [1.54, 1.807) is 6.07 Å². The van der Waals surface area contributed by atoms with Crippen molar-refractivity contribution in [3.05, 3.63) is 39.9 Å². The van der Waals surface area contributed by atoms with Gasteiger partial charge in [0.25, 0.3) is 0 Å². The third kappa shape index (κ3) is 2.94. The van der Waals surface area contributed by atoms with Gasteiger partial charge in [0.15, 0.2) is 0 Å². The van der Waals surface area contributed by atoms with Gasteiger partial charge in [-0.15, -0.1) is 10.2 Å². The van der Waals surface area contributed by atoms with Crippen LogP contribution < -0.4 is 0 Å². The Bertz CT molecular complexity index is 880. The summed E-state index contributed by atoms with van der Waals surface area (Å²) in [5.41, 5.74) is 0. The van der Waals surface area contributed by atoms with Gasteiger partial charge in [0.1, 0.15) is 16.5 Å². The summed E-state index contributed by atoms with van der Waals surface area (Å²) in [6, 6.07) is 4.37. The minimum absolute atomic E-state index is 0.0147. The van der Waals surface area contributed by atoms with Crippen LogP contribution in [-0.2, 0) is 16.6 Å². The van der Waals surface area contributed by atoms with E-state index >= 15 is 0 Å². The number of fused-ring (bicyclic) bond motifs is 1. The van der Waals surface area contributed by atoms with Crippen LogP contribution in [0.25, 0.3) is 0 Å². The van der Waals surface area contributed by atoms with E-state index in [9.17, 15) is 8.42 Å². The Hall–Kier alpha value is -1.15. The molecule has 24 heavy (non-hydrogen) atoms. The normalized spacial score (nSPS) is 18.8. The lowest BCUT2D eigenvalue weighted by Gasteiger charge is -2.32. The number of sulfonamides is 1. The van der Waals surface area contributed by atoms with E-state index in [4.69, 9.17) is 23.2 Å². The van der Waals surface area contributed by atoms with Gasteiger partial charge in [-0.05, 0) is 25.1 Å². The largest absolute Gasteiger partial charge is 0.309 e. The highest BCUT2D eigenvalue weighted by molar-refractivity contribution is 7.89. The third-order valence-corrected chi connectivity index (χ3v) is 6.57. The zero-order valence-corrected chi connectivity index (χ0v) is 15.9. The molecule has 0 saturated carbocycles. The SMILES string of the molecule is CC(C)c1nnc2n1[C@@H](C)CN(S(=O)(=O)c1cc(Cl)ccc1Cl)C2. The molecule has 1 aliphatic rings. The van der Waals surface area contributed by atoms with Crippen LogP contribution in [0.2, 0.25) is 10.0 Å². The molecule has 0 unspecified atom stereocenters. The third-order valence-electron chi connectivity index (χ3n) is 4.05. The molecule has 0 aliphatic carbocycles. The van der Waals surface area contributed by atoms with Crippen molar-refractivity contribution in [2.75, 3.05) is 6.54 Å². The topological polar surface area (TPSA) is 68.1 Å². The van der Waals surface area contributed by atoms with Crippen molar-refractivity contribution < 1.29 is 8.42 Å². The standard InChI is InChI=1S/C15H18Cl2N4O2S/c1-9(2)15-19-18-14-8-20(7-10(3)21(14)15)24(22,23)13-6-11(16)4-5-12(13)17/h4-6,9-10H,7-8H2,1-3H3/t10-/m0/s1. The van der Waals surface area contributed by atoms with E-state index in [0.717, 1.165) is 5.82 Å². The minimum atomic E-state index is -3.77. The highest BCUT2D eigenvalue weighted by Crippen LogP contribution is 2.32. The number of aromatic nitrogens is 3. The second-order valence-electron chi connectivity index (χ2n) is 6.22. The summed E-state index contributed by atoms with van der Waals surface area (Å²) in [5.74, 6) is 1.73. The second kappa shape index (κ2) is 6.29. The van der Waals surface area contributed by atoms with Crippen molar-refractivity contribution >= 4 is 33.2 Å². The highest BCUT2D eigenvalue weighted by atomic mass is 35.5. The van der Waals surface area contributed by atoms with Crippen LogP contribution in [0.1, 0.15) is 44.4 Å². The molecule has 1 atom stereocenters. The van der Waals surface area contributed by atoms with E-state index in [2.05, 4.69) is 10.2 Å². The van der Waals surface area contributed by atoms with Crippen molar-refractivity contribution in [1.82, 2.24) is 19.1 Å².